The number of carbonyl (C=O) groups is 1. The van der Waals surface area contributed by atoms with Crippen molar-refractivity contribution in [3.63, 3.8) is 0 Å². The highest BCUT2D eigenvalue weighted by Gasteiger charge is 2.10. The summed E-state index contributed by atoms with van der Waals surface area (Å²) in [5, 5.41) is 6.25. The second-order valence-corrected chi connectivity index (χ2v) is 6.99. The fraction of sp³-hybridized carbons (Fsp3) is 0.200. The van der Waals surface area contributed by atoms with Crippen LogP contribution in [-0.2, 0) is 6.42 Å². The van der Waals surface area contributed by atoms with Crippen molar-refractivity contribution in [2.45, 2.75) is 6.42 Å². The molecule has 27 heavy (non-hydrogen) atoms. The molecule has 0 radical (unpaired) electrons. The van der Waals surface area contributed by atoms with Gasteiger partial charge >= 0.3 is 0 Å². The van der Waals surface area contributed by atoms with Crippen molar-refractivity contribution in [2.75, 3.05) is 20.8 Å². The first kappa shape index (κ1) is 19.2. The SMILES string of the molecule is COc1ccc(-c2nc(CCNC(=O)c3ccc(OC)c(Cl)c3)cs2)cc1. The standard InChI is InChI=1S/C20H19ClN2O3S/c1-25-16-6-3-13(4-7-16)20-23-15(12-27-20)9-10-22-19(24)14-5-8-18(26-2)17(21)11-14/h3-8,11-12H,9-10H2,1-2H3,(H,22,24). The number of rotatable bonds is 7. The lowest BCUT2D eigenvalue weighted by Gasteiger charge is -2.07. The fourth-order valence-corrected chi connectivity index (χ4v) is 3.62. The smallest absolute Gasteiger partial charge is 0.251 e. The van der Waals surface area contributed by atoms with Gasteiger partial charge in [-0.1, -0.05) is 11.6 Å². The minimum atomic E-state index is -0.176. The Kier molecular flexibility index (Phi) is 6.32. The topological polar surface area (TPSA) is 60.5 Å². The lowest BCUT2D eigenvalue weighted by molar-refractivity contribution is 0.0954. The predicted octanol–water partition coefficient (Wildman–Crippen LogP) is 4.45. The van der Waals surface area contributed by atoms with Crippen LogP contribution in [0.2, 0.25) is 5.02 Å². The summed E-state index contributed by atoms with van der Waals surface area (Å²) in [5.41, 5.74) is 2.49. The summed E-state index contributed by atoms with van der Waals surface area (Å²) in [6.07, 6.45) is 0.655. The number of thiazole rings is 1. The fourth-order valence-electron chi connectivity index (χ4n) is 2.50. The van der Waals surface area contributed by atoms with Crippen LogP contribution in [0, 0.1) is 0 Å². The predicted molar refractivity (Wildman–Crippen MR) is 108 cm³/mol. The van der Waals surface area contributed by atoms with Crippen LogP contribution < -0.4 is 14.8 Å². The van der Waals surface area contributed by atoms with E-state index < -0.39 is 0 Å². The van der Waals surface area contributed by atoms with Crippen molar-refractivity contribution in [3.05, 3.63) is 64.1 Å². The number of nitrogens with zero attached hydrogens (tertiary/aromatic N) is 1. The normalized spacial score (nSPS) is 10.5. The molecule has 2 aromatic carbocycles. The van der Waals surface area contributed by atoms with Crippen molar-refractivity contribution in [3.8, 4) is 22.1 Å². The highest BCUT2D eigenvalue weighted by atomic mass is 35.5. The number of nitrogens with one attached hydrogen (secondary N) is 1. The zero-order chi connectivity index (χ0) is 19.2. The summed E-state index contributed by atoms with van der Waals surface area (Å²) in [4.78, 5) is 16.9. The molecule has 5 nitrogen and oxygen atoms in total. The lowest BCUT2D eigenvalue weighted by Crippen LogP contribution is -2.25. The third kappa shape index (κ3) is 4.78. The summed E-state index contributed by atoms with van der Waals surface area (Å²) < 4.78 is 10.3. The molecule has 0 unspecified atom stereocenters. The molecule has 1 heterocycles. The number of benzene rings is 2. The molecule has 0 atom stereocenters. The van der Waals surface area contributed by atoms with Gasteiger partial charge in [0.15, 0.2) is 0 Å². The quantitative estimate of drug-likeness (QED) is 0.634. The van der Waals surface area contributed by atoms with E-state index in [-0.39, 0.29) is 5.91 Å². The number of carbonyl (C=O) groups excluding carboxylic acids is 1. The number of hydrogen-bond acceptors (Lipinski definition) is 5. The summed E-state index contributed by atoms with van der Waals surface area (Å²) >= 11 is 7.64. The van der Waals surface area contributed by atoms with E-state index in [0.717, 1.165) is 22.0 Å². The van der Waals surface area contributed by atoms with Gasteiger partial charge in [0, 0.05) is 29.5 Å². The van der Waals surface area contributed by atoms with Gasteiger partial charge in [0.1, 0.15) is 16.5 Å². The average molecular weight is 403 g/mol. The Morgan fingerprint density at radius 1 is 1.15 bits per heavy atom. The molecule has 0 aliphatic rings. The first-order valence-corrected chi connectivity index (χ1v) is 9.57. The second kappa shape index (κ2) is 8.88. The van der Waals surface area contributed by atoms with Crippen LogP contribution in [-0.4, -0.2) is 31.7 Å². The summed E-state index contributed by atoms with van der Waals surface area (Å²) in [7, 11) is 3.18. The van der Waals surface area contributed by atoms with Gasteiger partial charge in [-0.05, 0) is 42.5 Å². The Bertz CT molecular complexity index is 925. The van der Waals surface area contributed by atoms with E-state index in [1.54, 1.807) is 36.6 Å². The Labute approximate surface area is 166 Å². The third-order valence-electron chi connectivity index (χ3n) is 3.97. The summed E-state index contributed by atoms with van der Waals surface area (Å²) in [6.45, 7) is 0.494. The molecule has 3 rings (SSSR count). The molecule has 7 heteroatoms. The van der Waals surface area contributed by atoms with Crippen molar-refractivity contribution in [1.82, 2.24) is 10.3 Å². The first-order valence-electron chi connectivity index (χ1n) is 8.31. The van der Waals surface area contributed by atoms with Gasteiger partial charge in [0.2, 0.25) is 0 Å². The highest BCUT2D eigenvalue weighted by Crippen LogP contribution is 2.26. The van der Waals surface area contributed by atoms with E-state index in [2.05, 4.69) is 10.3 Å². The molecule has 0 saturated carbocycles. The molecule has 1 amide bonds. The zero-order valence-electron chi connectivity index (χ0n) is 15.0. The maximum Gasteiger partial charge on any atom is 0.251 e. The molecule has 140 valence electrons. The van der Waals surface area contributed by atoms with Crippen LogP contribution in [0.5, 0.6) is 11.5 Å². The lowest BCUT2D eigenvalue weighted by atomic mass is 10.2. The molecule has 0 aliphatic heterocycles. The van der Waals surface area contributed by atoms with Gasteiger partial charge in [0.25, 0.3) is 5.91 Å². The van der Waals surface area contributed by atoms with Gasteiger partial charge in [-0.15, -0.1) is 11.3 Å². The molecule has 0 saturated heterocycles. The van der Waals surface area contributed by atoms with E-state index in [9.17, 15) is 4.79 Å². The number of hydrogen-bond donors (Lipinski definition) is 1. The Morgan fingerprint density at radius 3 is 2.59 bits per heavy atom. The summed E-state index contributed by atoms with van der Waals surface area (Å²) in [5.74, 6) is 1.18. The largest absolute Gasteiger partial charge is 0.497 e. The van der Waals surface area contributed by atoms with Crippen LogP contribution in [0.25, 0.3) is 10.6 Å². The van der Waals surface area contributed by atoms with Gasteiger partial charge in [-0.25, -0.2) is 4.98 Å². The van der Waals surface area contributed by atoms with Crippen molar-refractivity contribution in [2.24, 2.45) is 0 Å². The van der Waals surface area contributed by atoms with Crippen molar-refractivity contribution >= 4 is 28.8 Å². The van der Waals surface area contributed by atoms with Gasteiger partial charge < -0.3 is 14.8 Å². The maximum absolute atomic E-state index is 12.2. The van der Waals surface area contributed by atoms with Crippen LogP contribution in [0.1, 0.15) is 16.1 Å². The monoisotopic (exact) mass is 402 g/mol. The number of methoxy groups -OCH3 is 2. The Balaban J connectivity index is 1.55. The van der Waals surface area contributed by atoms with Crippen molar-refractivity contribution < 1.29 is 14.3 Å². The van der Waals surface area contributed by atoms with Crippen LogP contribution >= 0.6 is 22.9 Å². The Hall–Kier alpha value is -2.57. The summed E-state index contributed by atoms with van der Waals surface area (Å²) in [6, 6.07) is 12.8. The van der Waals surface area contributed by atoms with Crippen LogP contribution in [0.15, 0.2) is 47.8 Å². The average Bonchev–Trinajstić information content (AvgIpc) is 3.16. The molecular weight excluding hydrogens is 384 g/mol. The minimum Gasteiger partial charge on any atom is -0.497 e. The molecule has 0 aliphatic carbocycles. The zero-order valence-corrected chi connectivity index (χ0v) is 16.6. The third-order valence-corrected chi connectivity index (χ3v) is 5.20. The highest BCUT2D eigenvalue weighted by molar-refractivity contribution is 7.13. The number of aromatic nitrogens is 1. The van der Waals surface area contributed by atoms with Crippen molar-refractivity contribution in [1.29, 1.82) is 0 Å². The van der Waals surface area contributed by atoms with E-state index in [0.29, 0.717) is 29.3 Å². The molecular formula is C20H19ClN2O3S. The number of ether oxygens (including phenoxy) is 2. The maximum atomic E-state index is 12.2. The van der Waals surface area contributed by atoms with E-state index >= 15 is 0 Å². The van der Waals surface area contributed by atoms with E-state index in [1.807, 2.05) is 29.6 Å². The molecule has 0 bridgehead atoms. The van der Waals surface area contributed by atoms with Gasteiger partial charge in [-0.2, -0.15) is 0 Å². The second-order valence-electron chi connectivity index (χ2n) is 5.73. The molecule has 0 spiro atoms. The van der Waals surface area contributed by atoms with Gasteiger partial charge in [0.05, 0.1) is 24.9 Å². The molecule has 1 N–H and O–H groups in total. The van der Waals surface area contributed by atoms with Crippen LogP contribution in [0.4, 0.5) is 0 Å². The molecule has 3 aromatic rings. The first-order chi connectivity index (χ1) is 13.1. The Morgan fingerprint density at radius 2 is 1.93 bits per heavy atom. The molecule has 0 fully saturated rings. The van der Waals surface area contributed by atoms with Crippen LogP contribution in [0.3, 0.4) is 0 Å². The minimum absolute atomic E-state index is 0.176. The van der Waals surface area contributed by atoms with E-state index in [4.69, 9.17) is 21.1 Å². The number of amides is 1. The van der Waals surface area contributed by atoms with E-state index in [1.165, 1.54) is 7.11 Å². The number of halogens is 1. The molecule has 1 aromatic heterocycles. The van der Waals surface area contributed by atoms with Gasteiger partial charge in [-0.3, -0.25) is 4.79 Å².